The molecule has 0 aliphatic heterocycles. The Kier molecular flexibility index (Phi) is 3.88. The van der Waals surface area contributed by atoms with Crippen molar-refractivity contribution >= 4 is 15.7 Å². The zero-order valence-electron chi connectivity index (χ0n) is 8.18. The fourth-order valence-corrected chi connectivity index (χ4v) is 2.05. The van der Waals surface area contributed by atoms with E-state index in [1.807, 2.05) is 0 Å². The summed E-state index contributed by atoms with van der Waals surface area (Å²) in [6.45, 7) is 3.16. The highest BCUT2D eigenvalue weighted by atomic mass is 32.2. The zero-order valence-corrected chi connectivity index (χ0v) is 9.00. The first-order chi connectivity index (χ1) is 7.09. The van der Waals surface area contributed by atoms with Gasteiger partial charge in [0, 0.05) is 5.56 Å². The highest BCUT2D eigenvalue weighted by molar-refractivity contribution is 7.92. The van der Waals surface area contributed by atoms with Gasteiger partial charge in [-0.25, -0.2) is 8.42 Å². The predicted octanol–water partition coefficient (Wildman–Crippen LogP) is 1.11. The number of para-hydroxylation sites is 1. The molecule has 0 saturated carbocycles. The van der Waals surface area contributed by atoms with Gasteiger partial charge in [0.25, 0.3) is 0 Å². The van der Waals surface area contributed by atoms with Crippen molar-refractivity contribution in [3.63, 3.8) is 0 Å². The molecule has 1 rings (SSSR count). The summed E-state index contributed by atoms with van der Waals surface area (Å²) in [7, 11) is -3.40. The van der Waals surface area contributed by atoms with E-state index in [4.69, 9.17) is 5.11 Å². The van der Waals surface area contributed by atoms with Gasteiger partial charge in [-0.2, -0.15) is 0 Å². The lowest BCUT2D eigenvalue weighted by molar-refractivity contribution is 0.282. The zero-order chi connectivity index (χ0) is 11.3. The number of aliphatic hydroxyl groups excluding tert-OH is 1. The smallest absolute Gasteiger partial charge is 0.236 e. The minimum atomic E-state index is -3.40. The molecular formula is C10H13NO3S. The van der Waals surface area contributed by atoms with Crippen molar-refractivity contribution < 1.29 is 13.5 Å². The predicted molar refractivity (Wildman–Crippen MR) is 60.0 cm³/mol. The van der Waals surface area contributed by atoms with Gasteiger partial charge in [0.15, 0.2) is 0 Å². The van der Waals surface area contributed by atoms with Gasteiger partial charge in [-0.3, -0.25) is 4.72 Å². The molecule has 0 amide bonds. The van der Waals surface area contributed by atoms with Crippen molar-refractivity contribution in [1.29, 1.82) is 0 Å². The van der Waals surface area contributed by atoms with Gasteiger partial charge in [-0.05, 0) is 6.07 Å². The van der Waals surface area contributed by atoms with E-state index in [1.54, 1.807) is 24.3 Å². The Morgan fingerprint density at radius 2 is 2.07 bits per heavy atom. The molecular weight excluding hydrogens is 214 g/mol. The standard InChI is InChI=1S/C10H13NO3S/c1-2-7-15(13,14)11-10-6-4-3-5-9(10)8-12/h2-6,11-12H,1,7-8H2. The van der Waals surface area contributed by atoms with Crippen LogP contribution >= 0.6 is 0 Å². The molecule has 0 heterocycles. The molecule has 15 heavy (non-hydrogen) atoms. The summed E-state index contributed by atoms with van der Waals surface area (Å²) in [5.74, 6) is -0.146. The van der Waals surface area contributed by atoms with Crippen LogP contribution in [0.1, 0.15) is 5.56 Å². The molecule has 0 aliphatic rings. The Bertz CT molecular complexity index is 440. The minimum absolute atomic E-state index is 0.146. The average Bonchev–Trinajstić information content (AvgIpc) is 2.17. The topological polar surface area (TPSA) is 66.4 Å². The number of sulfonamides is 1. The molecule has 4 nitrogen and oxygen atoms in total. The Labute approximate surface area is 89.3 Å². The largest absolute Gasteiger partial charge is 0.392 e. The van der Waals surface area contributed by atoms with Crippen LogP contribution in [0, 0.1) is 0 Å². The molecule has 1 aromatic rings. The second-order valence-electron chi connectivity index (χ2n) is 2.99. The highest BCUT2D eigenvalue weighted by Crippen LogP contribution is 2.16. The van der Waals surface area contributed by atoms with Crippen LogP contribution in [0.25, 0.3) is 0 Å². The maximum Gasteiger partial charge on any atom is 0.236 e. The molecule has 0 radical (unpaired) electrons. The lowest BCUT2D eigenvalue weighted by atomic mass is 10.2. The summed E-state index contributed by atoms with van der Waals surface area (Å²) >= 11 is 0. The quantitative estimate of drug-likeness (QED) is 0.740. The lowest BCUT2D eigenvalue weighted by Gasteiger charge is -2.09. The van der Waals surface area contributed by atoms with E-state index < -0.39 is 10.0 Å². The first-order valence-electron chi connectivity index (χ1n) is 4.39. The molecule has 82 valence electrons. The van der Waals surface area contributed by atoms with Gasteiger partial charge < -0.3 is 5.11 Å². The van der Waals surface area contributed by atoms with Gasteiger partial charge in [0.05, 0.1) is 18.0 Å². The average molecular weight is 227 g/mol. The third-order valence-corrected chi connectivity index (χ3v) is 3.00. The Morgan fingerprint density at radius 1 is 1.40 bits per heavy atom. The minimum Gasteiger partial charge on any atom is -0.392 e. The van der Waals surface area contributed by atoms with E-state index >= 15 is 0 Å². The van der Waals surface area contributed by atoms with Crippen molar-refractivity contribution in [1.82, 2.24) is 0 Å². The van der Waals surface area contributed by atoms with Crippen molar-refractivity contribution in [2.24, 2.45) is 0 Å². The van der Waals surface area contributed by atoms with Crippen molar-refractivity contribution in [2.45, 2.75) is 6.61 Å². The molecule has 5 heteroatoms. The number of hydrogen-bond acceptors (Lipinski definition) is 3. The molecule has 0 bridgehead atoms. The van der Waals surface area contributed by atoms with Crippen LogP contribution in [-0.4, -0.2) is 19.3 Å². The van der Waals surface area contributed by atoms with Crippen molar-refractivity contribution in [3.05, 3.63) is 42.5 Å². The molecule has 0 aromatic heterocycles. The van der Waals surface area contributed by atoms with Crippen LogP contribution in [-0.2, 0) is 16.6 Å². The summed E-state index contributed by atoms with van der Waals surface area (Å²) in [6.07, 6.45) is 1.31. The maximum absolute atomic E-state index is 11.4. The number of hydrogen-bond donors (Lipinski definition) is 2. The van der Waals surface area contributed by atoms with Gasteiger partial charge in [0.1, 0.15) is 0 Å². The third kappa shape index (κ3) is 3.38. The number of aliphatic hydroxyl groups is 1. The van der Waals surface area contributed by atoms with E-state index in [0.29, 0.717) is 11.3 Å². The van der Waals surface area contributed by atoms with Crippen LogP contribution in [0.15, 0.2) is 36.9 Å². The lowest BCUT2D eigenvalue weighted by Crippen LogP contribution is -2.16. The maximum atomic E-state index is 11.4. The van der Waals surface area contributed by atoms with E-state index in [-0.39, 0.29) is 12.4 Å². The molecule has 0 atom stereocenters. The Morgan fingerprint density at radius 3 is 2.67 bits per heavy atom. The van der Waals surface area contributed by atoms with Gasteiger partial charge in [0.2, 0.25) is 10.0 Å². The fourth-order valence-electron chi connectivity index (χ4n) is 1.12. The summed E-state index contributed by atoms with van der Waals surface area (Å²) < 4.78 is 25.2. The number of anilines is 1. The van der Waals surface area contributed by atoms with E-state index in [1.165, 1.54) is 6.08 Å². The summed E-state index contributed by atoms with van der Waals surface area (Å²) in [5, 5.41) is 8.99. The first kappa shape index (κ1) is 11.7. The van der Waals surface area contributed by atoms with Gasteiger partial charge >= 0.3 is 0 Å². The SMILES string of the molecule is C=CCS(=O)(=O)Nc1ccccc1CO. The second kappa shape index (κ2) is 4.95. The van der Waals surface area contributed by atoms with Gasteiger partial charge in [-0.1, -0.05) is 24.3 Å². The summed E-state index contributed by atoms with van der Waals surface area (Å²) in [6, 6.07) is 6.69. The van der Waals surface area contributed by atoms with Crippen LogP contribution in [0.3, 0.4) is 0 Å². The number of rotatable bonds is 5. The molecule has 0 spiro atoms. The number of nitrogens with one attached hydrogen (secondary N) is 1. The van der Waals surface area contributed by atoms with Crippen LogP contribution < -0.4 is 4.72 Å². The molecule has 0 fully saturated rings. The summed E-state index contributed by atoms with van der Waals surface area (Å²) in [4.78, 5) is 0. The third-order valence-electron chi connectivity index (χ3n) is 1.79. The Hall–Kier alpha value is -1.33. The first-order valence-corrected chi connectivity index (χ1v) is 6.04. The van der Waals surface area contributed by atoms with Crippen LogP contribution in [0.2, 0.25) is 0 Å². The van der Waals surface area contributed by atoms with Gasteiger partial charge in [-0.15, -0.1) is 6.58 Å². The monoisotopic (exact) mass is 227 g/mol. The Balaban J connectivity index is 2.94. The summed E-state index contributed by atoms with van der Waals surface area (Å²) in [5.41, 5.74) is 0.951. The molecule has 1 aromatic carbocycles. The van der Waals surface area contributed by atoms with Crippen LogP contribution in [0.5, 0.6) is 0 Å². The molecule has 0 saturated heterocycles. The molecule has 0 unspecified atom stereocenters. The molecule has 0 aliphatic carbocycles. The fraction of sp³-hybridized carbons (Fsp3) is 0.200. The van der Waals surface area contributed by atoms with Crippen molar-refractivity contribution in [3.8, 4) is 0 Å². The van der Waals surface area contributed by atoms with E-state index in [2.05, 4.69) is 11.3 Å². The van der Waals surface area contributed by atoms with Crippen LogP contribution in [0.4, 0.5) is 5.69 Å². The van der Waals surface area contributed by atoms with E-state index in [9.17, 15) is 8.42 Å². The number of benzene rings is 1. The highest BCUT2D eigenvalue weighted by Gasteiger charge is 2.09. The molecule has 2 N–H and O–H groups in total. The second-order valence-corrected chi connectivity index (χ2v) is 4.75. The van der Waals surface area contributed by atoms with E-state index in [0.717, 1.165) is 0 Å². The normalized spacial score (nSPS) is 11.0. The van der Waals surface area contributed by atoms with Crippen molar-refractivity contribution in [2.75, 3.05) is 10.5 Å².